The molecule has 10 nitrogen and oxygen atoms in total. The van der Waals surface area contributed by atoms with Crippen molar-refractivity contribution in [2.45, 2.75) is 13.3 Å². The number of aryl methyl sites for hydroxylation is 1. The van der Waals surface area contributed by atoms with E-state index < -0.39 is 11.8 Å². The Hall–Kier alpha value is -5.12. The summed E-state index contributed by atoms with van der Waals surface area (Å²) in [5.74, 6) is -0.813. The maximum atomic E-state index is 12.3. The van der Waals surface area contributed by atoms with Gasteiger partial charge < -0.3 is 24.8 Å². The summed E-state index contributed by atoms with van der Waals surface area (Å²) >= 11 is 0. The summed E-state index contributed by atoms with van der Waals surface area (Å²) in [5, 5.41) is 9.07. The second kappa shape index (κ2) is 14.6. The standard InChI is InChI=1S/C29H30N4O6/c1-4-16-38-24-13-11-23(12-14-24)32-28(35)29(36)33-30-18-21-8-15-25(26(17-21)37-3)39-19-27(34)31-22-9-6-20(5-2)7-10-22/h4,6-15,17-18H,1,5,16,19H2,2-3H3,(H,31,34)(H,32,35)(H,33,36)/b30-18-. The second-order valence-corrected chi connectivity index (χ2v) is 8.07. The molecule has 3 N–H and O–H groups in total. The highest BCUT2D eigenvalue weighted by molar-refractivity contribution is 6.39. The number of carbonyl (C=O) groups excluding carboxylic acids is 3. The van der Waals surface area contributed by atoms with E-state index in [0.717, 1.165) is 6.42 Å². The van der Waals surface area contributed by atoms with E-state index in [1.54, 1.807) is 48.5 Å². The summed E-state index contributed by atoms with van der Waals surface area (Å²) in [6.45, 7) is 5.78. The third kappa shape index (κ3) is 9.04. The highest BCUT2D eigenvalue weighted by Crippen LogP contribution is 2.27. The second-order valence-electron chi connectivity index (χ2n) is 8.07. The Labute approximate surface area is 226 Å². The van der Waals surface area contributed by atoms with Crippen molar-refractivity contribution in [1.82, 2.24) is 5.43 Å². The van der Waals surface area contributed by atoms with E-state index in [9.17, 15) is 14.4 Å². The molecule has 3 aromatic carbocycles. The number of rotatable bonds is 12. The molecule has 0 fully saturated rings. The smallest absolute Gasteiger partial charge is 0.329 e. The van der Waals surface area contributed by atoms with Crippen molar-refractivity contribution in [3.8, 4) is 17.2 Å². The summed E-state index contributed by atoms with van der Waals surface area (Å²) in [6.07, 6.45) is 3.88. The SMILES string of the molecule is C=CCOc1ccc(NC(=O)C(=O)N/N=C\c2ccc(OCC(=O)Nc3ccc(CC)cc3)c(OC)c2)cc1. The topological polar surface area (TPSA) is 127 Å². The number of amides is 3. The van der Waals surface area contributed by atoms with E-state index in [1.165, 1.54) is 18.9 Å². The zero-order chi connectivity index (χ0) is 28.0. The van der Waals surface area contributed by atoms with Crippen molar-refractivity contribution in [3.05, 3.63) is 90.5 Å². The summed E-state index contributed by atoms with van der Waals surface area (Å²) in [4.78, 5) is 36.5. The molecule has 0 saturated carbocycles. The lowest BCUT2D eigenvalue weighted by molar-refractivity contribution is -0.136. The van der Waals surface area contributed by atoms with Crippen molar-refractivity contribution in [3.63, 3.8) is 0 Å². The van der Waals surface area contributed by atoms with E-state index >= 15 is 0 Å². The summed E-state index contributed by atoms with van der Waals surface area (Å²) in [6, 6.07) is 19.0. The van der Waals surface area contributed by atoms with Gasteiger partial charge in [-0.3, -0.25) is 14.4 Å². The minimum absolute atomic E-state index is 0.213. The maximum absolute atomic E-state index is 12.3. The molecule has 0 unspecified atom stereocenters. The van der Waals surface area contributed by atoms with Gasteiger partial charge >= 0.3 is 11.8 Å². The van der Waals surface area contributed by atoms with Crippen molar-refractivity contribution >= 4 is 35.3 Å². The van der Waals surface area contributed by atoms with Gasteiger partial charge in [-0.2, -0.15) is 5.10 Å². The number of nitrogens with zero attached hydrogens (tertiary/aromatic N) is 1. The quantitative estimate of drug-likeness (QED) is 0.141. The molecule has 0 aliphatic rings. The van der Waals surface area contributed by atoms with E-state index in [4.69, 9.17) is 14.2 Å². The largest absolute Gasteiger partial charge is 0.493 e. The van der Waals surface area contributed by atoms with Crippen molar-refractivity contribution in [1.29, 1.82) is 0 Å². The van der Waals surface area contributed by atoms with Crippen LogP contribution in [0.1, 0.15) is 18.1 Å². The van der Waals surface area contributed by atoms with Gasteiger partial charge in [0.15, 0.2) is 18.1 Å². The fourth-order valence-corrected chi connectivity index (χ4v) is 3.24. The molecular formula is C29H30N4O6. The van der Waals surface area contributed by atoms with Crippen LogP contribution in [0.15, 0.2) is 84.5 Å². The minimum atomic E-state index is -0.944. The number of benzene rings is 3. The number of ether oxygens (including phenoxy) is 3. The number of hydrogen-bond acceptors (Lipinski definition) is 7. The molecule has 0 bridgehead atoms. The summed E-state index contributed by atoms with van der Waals surface area (Å²) < 4.78 is 16.3. The Balaban J connectivity index is 1.48. The Kier molecular flexibility index (Phi) is 10.6. The fraction of sp³-hybridized carbons (Fsp3) is 0.172. The minimum Gasteiger partial charge on any atom is -0.493 e. The molecular weight excluding hydrogens is 500 g/mol. The average Bonchev–Trinajstić information content (AvgIpc) is 2.96. The molecule has 0 radical (unpaired) electrons. The highest BCUT2D eigenvalue weighted by atomic mass is 16.5. The molecule has 0 spiro atoms. The first-order valence-electron chi connectivity index (χ1n) is 12.1. The van der Waals surface area contributed by atoms with Crippen LogP contribution < -0.4 is 30.3 Å². The van der Waals surface area contributed by atoms with E-state index in [2.05, 4.69) is 34.7 Å². The average molecular weight is 531 g/mol. The van der Waals surface area contributed by atoms with Gasteiger partial charge in [-0.05, 0) is 72.1 Å². The van der Waals surface area contributed by atoms with E-state index in [1.807, 2.05) is 24.3 Å². The van der Waals surface area contributed by atoms with Gasteiger partial charge in [0.05, 0.1) is 13.3 Å². The van der Waals surface area contributed by atoms with Crippen LogP contribution in [0, 0.1) is 0 Å². The van der Waals surface area contributed by atoms with Crippen LogP contribution in [-0.2, 0) is 20.8 Å². The van der Waals surface area contributed by atoms with Crippen molar-refractivity contribution in [2.24, 2.45) is 5.10 Å². The van der Waals surface area contributed by atoms with Crippen LogP contribution >= 0.6 is 0 Å². The van der Waals surface area contributed by atoms with Gasteiger partial charge in [-0.15, -0.1) is 0 Å². The number of hydrazone groups is 1. The van der Waals surface area contributed by atoms with Crippen LogP contribution in [0.2, 0.25) is 0 Å². The number of carbonyl (C=O) groups is 3. The number of hydrogen-bond donors (Lipinski definition) is 3. The molecule has 0 aromatic heterocycles. The first-order valence-corrected chi connectivity index (χ1v) is 12.1. The van der Waals surface area contributed by atoms with Crippen LogP contribution in [-0.4, -0.2) is 44.3 Å². The fourth-order valence-electron chi connectivity index (χ4n) is 3.24. The van der Waals surface area contributed by atoms with Crippen molar-refractivity contribution < 1.29 is 28.6 Å². The van der Waals surface area contributed by atoms with Gasteiger partial charge in [0.1, 0.15) is 12.4 Å². The summed E-state index contributed by atoms with van der Waals surface area (Å²) in [5.41, 5.74) is 5.02. The van der Waals surface area contributed by atoms with Gasteiger partial charge in [0, 0.05) is 11.4 Å². The summed E-state index contributed by atoms with van der Waals surface area (Å²) in [7, 11) is 1.46. The predicted octanol–water partition coefficient (Wildman–Crippen LogP) is 3.93. The van der Waals surface area contributed by atoms with Crippen molar-refractivity contribution in [2.75, 3.05) is 31.0 Å². The Morgan fingerprint density at radius 2 is 1.56 bits per heavy atom. The number of methoxy groups -OCH3 is 1. The lowest BCUT2D eigenvalue weighted by atomic mass is 10.1. The van der Waals surface area contributed by atoms with Crippen LogP contribution in [0.3, 0.4) is 0 Å². The lowest BCUT2D eigenvalue weighted by Gasteiger charge is -2.11. The Morgan fingerprint density at radius 1 is 0.872 bits per heavy atom. The highest BCUT2D eigenvalue weighted by Gasteiger charge is 2.13. The van der Waals surface area contributed by atoms with Crippen LogP contribution in [0.5, 0.6) is 17.2 Å². The first kappa shape index (κ1) is 28.5. The molecule has 39 heavy (non-hydrogen) atoms. The zero-order valence-corrected chi connectivity index (χ0v) is 21.7. The molecule has 0 atom stereocenters. The maximum Gasteiger partial charge on any atom is 0.329 e. The van der Waals surface area contributed by atoms with Crippen LogP contribution in [0.4, 0.5) is 11.4 Å². The van der Waals surface area contributed by atoms with Gasteiger partial charge in [-0.1, -0.05) is 31.7 Å². The molecule has 3 aromatic rings. The Morgan fingerprint density at radius 3 is 2.23 bits per heavy atom. The third-order valence-corrected chi connectivity index (χ3v) is 5.26. The molecule has 0 saturated heterocycles. The molecule has 202 valence electrons. The van der Waals surface area contributed by atoms with Gasteiger partial charge in [0.2, 0.25) is 0 Å². The zero-order valence-electron chi connectivity index (χ0n) is 21.7. The normalized spacial score (nSPS) is 10.4. The monoisotopic (exact) mass is 530 g/mol. The molecule has 3 amide bonds. The van der Waals surface area contributed by atoms with Crippen LogP contribution in [0.25, 0.3) is 0 Å². The van der Waals surface area contributed by atoms with E-state index in [0.29, 0.717) is 40.8 Å². The van der Waals surface area contributed by atoms with Gasteiger partial charge in [0.25, 0.3) is 5.91 Å². The molecule has 3 rings (SSSR count). The molecule has 0 aliphatic heterocycles. The third-order valence-electron chi connectivity index (χ3n) is 5.26. The Bertz CT molecular complexity index is 1320. The van der Waals surface area contributed by atoms with E-state index in [-0.39, 0.29) is 12.5 Å². The number of nitrogens with one attached hydrogen (secondary N) is 3. The number of anilines is 2. The first-order chi connectivity index (χ1) is 18.9. The van der Waals surface area contributed by atoms with Gasteiger partial charge in [-0.25, -0.2) is 5.43 Å². The lowest BCUT2D eigenvalue weighted by Crippen LogP contribution is -2.32. The molecule has 0 aliphatic carbocycles. The predicted molar refractivity (Wildman–Crippen MR) is 149 cm³/mol. The molecule has 10 heteroatoms. The molecule has 0 heterocycles.